The molecule has 424 valence electrons. The van der Waals surface area contributed by atoms with Crippen LogP contribution in [-0.4, -0.2) is 15.8 Å². The lowest BCUT2D eigenvalue weighted by Gasteiger charge is -2.41. The number of hydrogen-bond acceptors (Lipinski definition) is 4. The molecule has 4 heterocycles. The van der Waals surface area contributed by atoms with Gasteiger partial charge in [0.2, 0.25) is 0 Å². The normalized spacial score (nSPS) is 12.4. The third-order valence-corrected chi connectivity index (χ3v) is 18.8. The fourth-order valence-corrected chi connectivity index (χ4v) is 15.1. The summed E-state index contributed by atoms with van der Waals surface area (Å²) in [5.41, 5.74) is 24.1. The first kappa shape index (κ1) is 51.7. The quantitative estimate of drug-likeness (QED) is 0.135. The summed E-state index contributed by atoms with van der Waals surface area (Å²) in [6.45, 7) is 6.55. The van der Waals surface area contributed by atoms with Crippen LogP contribution >= 0.6 is 0 Å². The molecule has 0 atom stereocenters. The third kappa shape index (κ3) is 8.06. The van der Waals surface area contributed by atoms with Gasteiger partial charge in [-0.1, -0.05) is 145 Å². The SMILES string of the molecule is Cc1cc(C)c(N2c3cc4c5cc6ccc(N(c7ccccc7)c7ccccc7)cc6cc5n(-c5ccccc5)c4cc3B3c4cc5c(cc4Oc4cccc2c43)c2cc3ccc(N(c4ccccc4)c4ccccc4)cc3cc2n5-c2ccccc2)c(C)c1. The van der Waals surface area contributed by atoms with Crippen molar-refractivity contribution in [1.82, 2.24) is 9.13 Å². The molecule has 14 aromatic carbocycles. The molecule has 0 fully saturated rings. The summed E-state index contributed by atoms with van der Waals surface area (Å²) in [4.78, 5) is 7.25. The smallest absolute Gasteiger partial charge is 0.256 e. The lowest BCUT2D eigenvalue weighted by atomic mass is 9.34. The lowest BCUT2D eigenvalue weighted by molar-refractivity contribution is 0.488. The van der Waals surface area contributed by atoms with Gasteiger partial charge in [0.05, 0.1) is 27.8 Å². The average Bonchev–Trinajstić information content (AvgIpc) is 1.33. The number of hydrogen-bond donors (Lipinski definition) is 0. The molecule has 18 rings (SSSR count). The summed E-state index contributed by atoms with van der Waals surface area (Å²) in [5.74, 6) is 1.74. The van der Waals surface area contributed by atoms with Crippen molar-refractivity contribution in [2.75, 3.05) is 14.7 Å². The van der Waals surface area contributed by atoms with Crippen LogP contribution in [0.4, 0.5) is 51.2 Å². The van der Waals surface area contributed by atoms with Crippen LogP contribution in [0.2, 0.25) is 0 Å². The summed E-state index contributed by atoms with van der Waals surface area (Å²) in [6, 6.07) is 109. The van der Waals surface area contributed by atoms with Crippen molar-refractivity contribution in [3.05, 3.63) is 314 Å². The number of nitrogens with zero attached hydrogens (tertiary/aromatic N) is 5. The Morgan fingerprint density at radius 2 is 0.733 bits per heavy atom. The predicted molar refractivity (Wildman–Crippen MR) is 380 cm³/mol. The predicted octanol–water partition coefficient (Wildman–Crippen LogP) is 20.5. The highest BCUT2D eigenvalue weighted by Crippen LogP contribution is 2.48. The topological polar surface area (TPSA) is 28.8 Å². The molecule has 2 aliphatic heterocycles. The number of ether oxygens (including phenoxy) is 1. The Kier molecular flexibility index (Phi) is 11.6. The second-order valence-corrected chi connectivity index (χ2v) is 24.3. The van der Waals surface area contributed by atoms with Crippen molar-refractivity contribution in [3.8, 4) is 22.9 Å². The molecule has 6 nitrogen and oxygen atoms in total. The van der Waals surface area contributed by atoms with Crippen molar-refractivity contribution < 1.29 is 4.74 Å². The number of aromatic nitrogens is 2. The molecule has 0 amide bonds. The van der Waals surface area contributed by atoms with Crippen molar-refractivity contribution in [3.63, 3.8) is 0 Å². The molecule has 0 radical (unpaired) electrons. The van der Waals surface area contributed by atoms with Crippen LogP contribution in [-0.2, 0) is 0 Å². The highest BCUT2D eigenvalue weighted by molar-refractivity contribution is 6.99. The molecule has 2 aliphatic rings. The summed E-state index contributed by atoms with van der Waals surface area (Å²) in [5, 5.41) is 9.38. The van der Waals surface area contributed by atoms with Crippen LogP contribution in [0.1, 0.15) is 16.7 Å². The molecule has 16 aromatic rings. The Morgan fingerprint density at radius 3 is 1.21 bits per heavy atom. The molecule has 90 heavy (non-hydrogen) atoms. The van der Waals surface area contributed by atoms with E-state index >= 15 is 0 Å². The Labute approximate surface area is 522 Å². The maximum atomic E-state index is 7.39. The van der Waals surface area contributed by atoms with E-state index < -0.39 is 0 Å². The monoisotopic (exact) mass is 1150 g/mol. The highest BCUT2D eigenvalue weighted by atomic mass is 16.5. The Hall–Kier alpha value is -11.5. The first-order chi connectivity index (χ1) is 44.4. The first-order valence-corrected chi connectivity index (χ1v) is 31.1. The van der Waals surface area contributed by atoms with E-state index in [-0.39, 0.29) is 6.71 Å². The van der Waals surface area contributed by atoms with Gasteiger partial charge >= 0.3 is 0 Å². The fourth-order valence-electron chi connectivity index (χ4n) is 15.1. The first-order valence-electron chi connectivity index (χ1n) is 31.1. The number of anilines is 9. The van der Waals surface area contributed by atoms with Crippen molar-refractivity contribution in [1.29, 1.82) is 0 Å². The van der Waals surface area contributed by atoms with Gasteiger partial charge in [0.1, 0.15) is 11.5 Å². The van der Waals surface area contributed by atoms with Crippen LogP contribution in [0.5, 0.6) is 11.5 Å². The molecule has 0 bridgehead atoms. The van der Waals surface area contributed by atoms with Crippen LogP contribution in [0, 0.1) is 20.8 Å². The van der Waals surface area contributed by atoms with Gasteiger partial charge in [-0.2, -0.15) is 0 Å². The summed E-state index contributed by atoms with van der Waals surface area (Å²) in [7, 11) is 0. The minimum Gasteiger partial charge on any atom is -0.458 e. The highest BCUT2D eigenvalue weighted by Gasteiger charge is 2.43. The van der Waals surface area contributed by atoms with E-state index in [9.17, 15) is 0 Å². The van der Waals surface area contributed by atoms with Crippen LogP contribution < -0.4 is 35.8 Å². The second kappa shape index (κ2) is 20.3. The van der Waals surface area contributed by atoms with Crippen LogP contribution in [0.25, 0.3) is 76.5 Å². The van der Waals surface area contributed by atoms with Gasteiger partial charge in [0.15, 0.2) is 0 Å². The van der Waals surface area contributed by atoms with Crippen molar-refractivity contribution in [2.45, 2.75) is 20.8 Å². The molecule has 0 saturated heterocycles. The summed E-state index contributed by atoms with van der Waals surface area (Å²) in [6.07, 6.45) is 0. The van der Waals surface area contributed by atoms with E-state index in [1.54, 1.807) is 0 Å². The van der Waals surface area contributed by atoms with E-state index in [0.29, 0.717) is 0 Å². The van der Waals surface area contributed by atoms with Gasteiger partial charge in [-0.25, -0.2) is 0 Å². The van der Waals surface area contributed by atoms with Gasteiger partial charge in [0.25, 0.3) is 6.71 Å². The summed E-state index contributed by atoms with van der Waals surface area (Å²) < 4.78 is 12.4. The molecule has 0 unspecified atom stereocenters. The largest absolute Gasteiger partial charge is 0.458 e. The van der Waals surface area contributed by atoms with E-state index in [1.165, 1.54) is 60.2 Å². The zero-order chi connectivity index (χ0) is 59.7. The number of benzene rings is 14. The van der Waals surface area contributed by atoms with Crippen molar-refractivity contribution >= 4 is 139 Å². The minimum absolute atomic E-state index is 0.192. The maximum absolute atomic E-state index is 7.39. The Bertz CT molecular complexity index is 5450. The zero-order valence-electron chi connectivity index (χ0n) is 50.0. The number of aryl methyl sites for hydroxylation is 3. The average molecular weight is 1150 g/mol. The Balaban J connectivity index is 0.890. The standard InChI is InChI=1S/C83H58BN5O/c1-53-41-54(2)83(55(3)42-53)89-74-35-22-36-80-82(74)84(72-51-77-70(49-79(72)89)68-45-56-37-39-66(43-58(56)47-75(68)87(77)64-31-18-8-19-32-64)85(60-23-10-4-11-24-60)61-25-12-5-13-26-61)73-52-78-71(50-81(73)90-80)69-46-57-38-40-67(44-59(57)48-76(69)88(78)65-33-20-9-21-34-65)86(62-27-14-6-15-28-62)63-29-16-7-17-30-63/h4-52H,1-3H3. The second-order valence-electron chi connectivity index (χ2n) is 24.3. The van der Waals surface area contributed by atoms with E-state index in [4.69, 9.17) is 4.74 Å². The minimum atomic E-state index is -0.192. The molecule has 0 aliphatic carbocycles. The number of para-hydroxylation sites is 6. The van der Waals surface area contributed by atoms with Gasteiger partial charge in [0, 0.05) is 78.4 Å². The number of rotatable bonds is 9. The molecule has 0 spiro atoms. The maximum Gasteiger partial charge on any atom is 0.256 e. The molecule has 0 saturated carbocycles. The fraction of sp³-hybridized carbons (Fsp3) is 0.0361. The van der Waals surface area contributed by atoms with E-state index in [1.807, 2.05) is 0 Å². The number of fused-ring (bicyclic) bond motifs is 12. The zero-order valence-corrected chi connectivity index (χ0v) is 50.0. The molecular formula is C83H58BN5O. The lowest BCUT2D eigenvalue weighted by Crippen LogP contribution is -2.59. The molecule has 7 heteroatoms. The van der Waals surface area contributed by atoms with Gasteiger partial charge in [-0.15, -0.1) is 0 Å². The Morgan fingerprint density at radius 1 is 0.311 bits per heavy atom. The van der Waals surface area contributed by atoms with Crippen molar-refractivity contribution in [2.24, 2.45) is 0 Å². The third-order valence-electron chi connectivity index (χ3n) is 18.8. The van der Waals surface area contributed by atoms with Gasteiger partial charge < -0.3 is 28.6 Å². The van der Waals surface area contributed by atoms with E-state index in [2.05, 4.69) is 342 Å². The van der Waals surface area contributed by atoms with E-state index in [0.717, 1.165) is 112 Å². The van der Waals surface area contributed by atoms with Crippen LogP contribution in [0.15, 0.2) is 297 Å². The van der Waals surface area contributed by atoms with Crippen LogP contribution in [0.3, 0.4) is 0 Å². The van der Waals surface area contributed by atoms with Gasteiger partial charge in [-0.05, 0) is 228 Å². The molecule has 2 aromatic heterocycles. The molecular weight excluding hydrogens is 1090 g/mol. The molecule has 0 N–H and O–H groups in total. The summed E-state index contributed by atoms with van der Waals surface area (Å²) >= 11 is 0. The van der Waals surface area contributed by atoms with Gasteiger partial charge in [-0.3, -0.25) is 0 Å².